The molecule has 2 atom stereocenters. The van der Waals surface area contributed by atoms with Crippen molar-refractivity contribution in [2.24, 2.45) is 5.92 Å². The molecule has 0 spiro atoms. The molecular formula is C19H28N4O2S. The molecule has 4 heterocycles. The third kappa shape index (κ3) is 3.51. The molecule has 1 aliphatic carbocycles. The molecule has 3 aliphatic heterocycles. The van der Waals surface area contributed by atoms with Crippen LogP contribution in [-0.4, -0.2) is 71.3 Å². The average molecular weight is 377 g/mol. The first-order valence-corrected chi connectivity index (χ1v) is 10.5. The van der Waals surface area contributed by atoms with Gasteiger partial charge >= 0.3 is 0 Å². The van der Waals surface area contributed by atoms with Gasteiger partial charge in [0.15, 0.2) is 0 Å². The Hall–Kier alpha value is -1.47. The Balaban J connectivity index is 1.46. The molecule has 4 aliphatic rings. The first-order valence-electron chi connectivity index (χ1n) is 9.71. The van der Waals surface area contributed by atoms with Crippen LogP contribution in [0.25, 0.3) is 0 Å². The summed E-state index contributed by atoms with van der Waals surface area (Å²) in [5.74, 6) is 0.195. The normalized spacial score (nSPS) is 25.9. The fourth-order valence-electron chi connectivity index (χ4n) is 4.42. The molecule has 5 rings (SSSR count). The number of rotatable bonds is 4. The predicted molar refractivity (Wildman–Crippen MR) is 101 cm³/mol. The minimum Gasteiger partial charge on any atom is -0.347 e. The van der Waals surface area contributed by atoms with Gasteiger partial charge in [-0.2, -0.15) is 0 Å². The van der Waals surface area contributed by atoms with E-state index in [9.17, 15) is 9.59 Å². The molecule has 2 amide bonds. The number of aromatic nitrogens is 1. The molecule has 3 fully saturated rings. The molecule has 0 radical (unpaired) electrons. The van der Waals surface area contributed by atoms with E-state index < -0.39 is 0 Å². The van der Waals surface area contributed by atoms with Gasteiger partial charge in [-0.3, -0.25) is 14.5 Å². The van der Waals surface area contributed by atoms with Crippen molar-refractivity contribution < 1.29 is 9.59 Å². The van der Waals surface area contributed by atoms with Crippen molar-refractivity contribution in [1.29, 1.82) is 0 Å². The number of carbonyl (C=O) groups is 2. The van der Waals surface area contributed by atoms with Gasteiger partial charge < -0.3 is 9.80 Å². The Morgan fingerprint density at radius 1 is 1.23 bits per heavy atom. The highest BCUT2D eigenvalue weighted by atomic mass is 32.1. The maximum Gasteiger partial charge on any atom is 0.241 e. The highest BCUT2D eigenvalue weighted by molar-refractivity contribution is 7.11. The third-order valence-corrected chi connectivity index (χ3v) is 7.06. The van der Waals surface area contributed by atoms with Crippen LogP contribution in [0.5, 0.6) is 0 Å². The number of aryl methyl sites for hydroxylation is 2. The van der Waals surface area contributed by atoms with Crippen LogP contribution in [0, 0.1) is 5.92 Å². The molecule has 0 unspecified atom stereocenters. The second kappa shape index (κ2) is 7.27. The predicted octanol–water partition coefficient (Wildman–Crippen LogP) is 1.53. The molecule has 3 saturated heterocycles. The van der Waals surface area contributed by atoms with Crippen LogP contribution >= 0.6 is 11.3 Å². The summed E-state index contributed by atoms with van der Waals surface area (Å²) in [6.45, 7) is 2.71. The third-order valence-electron chi connectivity index (χ3n) is 5.92. The fourth-order valence-corrected chi connectivity index (χ4v) is 5.62. The number of hydrogen-bond acceptors (Lipinski definition) is 5. The number of nitrogens with zero attached hydrogens (tertiary/aromatic N) is 4. The number of thiazole rings is 1. The highest BCUT2D eigenvalue weighted by Gasteiger charge is 2.41. The van der Waals surface area contributed by atoms with Crippen molar-refractivity contribution in [2.45, 2.75) is 51.1 Å². The van der Waals surface area contributed by atoms with Gasteiger partial charge in [-0.15, -0.1) is 11.3 Å². The maximum absolute atomic E-state index is 12.8. The quantitative estimate of drug-likeness (QED) is 0.800. The molecule has 1 aromatic heterocycles. The smallest absolute Gasteiger partial charge is 0.241 e. The number of amides is 2. The Morgan fingerprint density at radius 2 is 2.04 bits per heavy atom. The Labute approximate surface area is 159 Å². The average Bonchev–Trinajstić information content (AvgIpc) is 2.84. The van der Waals surface area contributed by atoms with Gasteiger partial charge in [-0.25, -0.2) is 4.98 Å². The van der Waals surface area contributed by atoms with E-state index in [1.54, 1.807) is 19.0 Å². The van der Waals surface area contributed by atoms with Gasteiger partial charge in [0.05, 0.1) is 18.2 Å². The second-order valence-electron chi connectivity index (χ2n) is 8.06. The maximum atomic E-state index is 12.8. The SMILES string of the molecule is CN(C)C(=O)CN1C(=O)[C@@H]2CC[C@H]1CN(Cc1nc3c(s1)CCCC3)C2. The molecule has 0 aromatic carbocycles. The molecule has 142 valence electrons. The van der Waals surface area contributed by atoms with E-state index in [0.29, 0.717) is 0 Å². The van der Waals surface area contributed by atoms with Crippen molar-refractivity contribution in [2.75, 3.05) is 33.7 Å². The largest absolute Gasteiger partial charge is 0.347 e. The van der Waals surface area contributed by atoms with Crippen LogP contribution in [-0.2, 0) is 29.0 Å². The van der Waals surface area contributed by atoms with Crippen LogP contribution < -0.4 is 0 Å². The van der Waals surface area contributed by atoms with Crippen molar-refractivity contribution in [3.8, 4) is 0 Å². The van der Waals surface area contributed by atoms with Crippen molar-refractivity contribution in [3.63, 3.8) is 0 Å². The lowest BCUT2D eigenvalue weighted by Crippen LogP contribution is -2.51. The van der Waals surface area contributed by atoms with Gasteiger partial charge in [0, 0.05) is 38.1 Å². The Kier molecular flexibility index (Phi) is 5.01. The van der Waals surface area contributed by atoms with Crippen LogP contribution in [0.3, 0.4) is 0 Å². The molecule has 7 heteroatoms. The van der Waals surface area contributed by atoms with E-state index in [0.717, 1.165) is 38.9 Å². The number of likely N-dealkylation sites (N-methyl/N-ethyl adjacent to an activating group) is 1. The first kappa shape index (κ1) is 17.9. The molecular weight excluding hydrogens is 348 g/mol. The van der Waals surface area contributed by atoms with E-state index in [-0.39, 0.29) is 30.3 Å². The van der Waals surface area contributed by atoms with E-state index >= 15 is 0 Å². The van der Waals surface area contributed by atoms with Crippen LogP contribution in [0.2, 0.25) is 0 Å². The minimum absolute atomic E-state index is 0.00467. The number of carbonyl (C=O) groups excluding carboxylic acids is 2. The molecule has 2 bridgehead atoms. The molecule has 6 nitrogen and oxygen atoms in total. The van der Waals surface area contributed by atoms with Crippen molar-refractivity contribution >= 4 is 23.2 Å². The molecule has 0 N–H and O–H groups in total. The first-order chi connectivity index (χ1) is 12.5. The summed E-state index contributed by atoms with van der Waals surface area (Å²) < 4.78 is 0. The standard InChI is InChI=1S/C19H28N4O2S/c1-21(2)18(24)12-23-14-8-7-13(19(23)25)9-22(10-14)11-17-20-15-5-3-4-6-16(15)26-17/h13-14H,3-12H2,1-2H3/t13-,14+/m1/s1. The minimum atomic E-state index is 0.00467. The topological polar surface area (TPSA) is 56.8 Å². The van der Waals surface area contributed by atoms with E-state index in [1.807, 2.05) is 16.2 Å². The summed E-state index contributed by atoms with van der Waals surface area (Å²) in [6.07, 6.45) is 6.79. The number of hydrogen-bond donors (Lipinski definition) is 0. The van der Waals surface area contributed by atoms with E-state index in [1.165, 1.54) is 34.8 Å². The lowest BCUT2D eigenvalue weighted by Gasteiger charge is -2.36. The van der Waals surface area contributed by atoms with Crippen molar-refractivity contribution in [1.82, 2.24) is 19.7 Å². The molecule has 0 saturated carbocycles. The summed E-state index contributed by atoms with van der Waals surface area (Å²) in [6, 6.07) is 0.153. The zero-order chi connectivity index (χ0) is 18.3. The highest BCUT2D eigenvalue weighted by Crippen LogP contribution is 2.32. The zero-order valence-corrected chi connectivity index (χ0v) is 16.6. The summed E-state index contributed by atoms with van der Waals surface area (Å²) in [5.41, 5.74) is 1.31. The fraction of sp³-hybridized carbons (Fsp3) is 0.737. The van der Waals surface area contributed by atoms with Crippen LogP contribution in [0.15, 0.2) is 0 Å². The molecule has 1 aromatic rings. The lowest BCUT2D eigenvalue weighted by atomic mass is 9.94. The Morgan fingerprint density at radius 3 is 2.81 bits per heavy atom. The van der Waals surface area contributed by atoms with Crippen LogP contribution in [0.1, 0.15) is 41.3 Å². The summed E-state index contributed by atoms with van der Waals surface area (Å²) in [7, 11) is 3.50. The Bertz CT molecular complexity index is 678. The van der Waals surface area contributed by atoms with Gasteiger partial charge in [-0.1, -0.05) is 0 Å². The van der Waals surface area contributed by atoms with Gasteiger partial charge in [0.25, 0.3) is 0 Å². The number of piperidine rings is 1. The monoisotopic (exact) mass is 376 g/mol. The van der Waals surface area contributed by atoms with Gasteiger partial charge in [0.2, 0.25) is 11.8 Å². The van der Waals surface area contributed by atoms with Gasteiger partial charge in [-0.05, 0) is 38.5 Å². The van der Waals surface area contributed by atoms with Gasteiger partial charge in [0.1, 0.15) is 11.6 Å². The zero-order valence-electron chi connectivity index (χ0n) is 15.7. The van der Waals surface area contributed by atoms with E-state index in [4.69, 9.17) is 4.98 Å². The van der Waals surface area contributed by atoms with Crippen LogP contribution in [0.4, 0.5) is 0 Å². The summed E-state index contributed by atoms with van der Waals surface area (Å²) >= 11 is 1.86. The van der Waals surface area contributed by atoms with Crippen molar-refractivity contribution in [3.05, 3.63) is 15.6 Å². The summed E-state index contributed by atoms with van der Waals surface area (Å²) in [5, 5.41) is 1.20. The molecule has 26 heavy (non-hydrogen) atoms. The van der Waals surface area contributed by atoms with E-state index in [2.05, 4.69) is 4.90 Å². The second-order valence-corrected chi connectivity index (χ2v) is 9.23. The lowest BCUT2D eigenvalue weighted by molar-refractivity contribution is -0.145. The summed E-state index contributed by atoms with van der Waals surface area (Å²) in [4.78, 5) is 37.1. The number of fused-ring (bicyclic) bond motifs is 5.